The Balaban J connectivity index is 2.68. The van der Waals surface area contributed by atoms with Crippen LogP contribution in [0.5, 0.6) is 0 Å². The maximum absolute atomic E-state index is 12.3. The number of hydrogen-bond acceptors (Lipinski definition) is 3. The van der Waals surface area contributed by atoms with Gasteiger partial charge in [0.1, 0.15) is 0 Å². The van der Waals surface area contributed by atoms with Crippen molar-refractivity contribution in [1.82, 2.24) is 10.2 Å². The summed E-state index contributed by atoms with van der Waals surface area (Å²) in [4.78, 5) is 13.9. The molecule has 3 unspecified atom stereocenters. The van der Waals surface area contributed by atoms with Gasteiger partial charge in [-0.15, -0.1) is 0 Å². The summed E-state index contributed by atoms with van der Waals surface area (Å²) in [6.07, 6.45) is 0.689. The number of alkyl halides is 3. The third-order valence-corrected chi connectivity index (χ3v) is 4.39. The predicted octanol–water partition coefficient (Wildman–Crippen LogP) is 3.07. The number of halogens is 3. The maximum atomic E-state index is 12.3. The van der Waals surface area contributed by atoms with Crippen LogP contribution in [-0.4, -0.2) is 40.8 Å². The minimum atomic E-state index is -4.24. The molecule has 0 aliphatic carbocycles. The smallest absolute Gasteiger partial charge is 0.325 e. The lowest BCUT2D eigenvalue weighted by atomic mass is 9.99. The summed E-state index contributed by atoms with van der Waals surface area (Å²) in [5, 5.41) is 3.27. The van der Waals surface area contributed by atoms with Crippen molar-refractivity contribution in [3.05, 3.63) is 0 Å². The summed E-state index contributed by atoms with van der Waals surface area (Å²) >= 11 is -0.0701. The molecule has 1 N–H and O–H groups in total. The van der Waals surface area contributed by atoms with E-state index in [-0.39, 0.29) is 54.0 Å². The fraction of sp³-hybridized carbons (Fsp3) is 0.923. The molecule has 20 heavy (non-hydrogen) atoms. The molecule has 0 radical (unpaired) electrons. The van der Waals surface area contributed by atoms with Crippen molar-refractivity contribution in [3.63, 3.8) is 0 Å². The number of amides is 1. The van der Waals surface area contributed by atoms with Gasteiger partial charge in [0.25, 0.3) is 0 Å². The predicted molar refractivity (Wildman–Crippen MR) is 75.2 cm³/mol. The molecule has 1 saturated heterocycles. The Labute approximate surface area is 122 Å². The first kappa shape index (κ1) is 17.6. The van der Waals surface area contributed by atoms with Gasteiger partial charge >= 0.3 is 5.51 Å². The van der Waals surface area contributed by atoms with Crippen LogP contribution in [0.25, 0.3) is 0 Å². The normalized spacial score (nSPS) is 25.6. The minimum Gasteiger partial charge on any atom is -0.325 e. The number of nitrogens with one attached hydrogen (secondary N) is 1. The Morgan fingerprint density at radius 3 is 2.40 bits per heavy atom. The van der Waals surface area contributed by atoms with E-state index in [1.807, 2.05) is 27.7 Å². The highest BCUT2D eigenvalue weighted by Crippen LogP contribution is 2.31. The number of hydrogen-bond donors (Lipinski definition) is 1. The number of thioether (sulfide) groups is 1. The van der Waals surface area contributed by atoms with Gasteiger partial charge in [0.05, 0.1) is 12.2 Å². The van der Waals surface area contributed by atoms with Crippen LogP contribution >= 0.6 is 11.8 Å². The number of carbonyl (C=O) groups excluding carboxylic acids is 1. The molecule has 1 fully saturated rings. The second kappa shape index (κ2) is 7.02. The van der Waals surface area contributed by atoms with Gasteiger partial charge in [-0.3, -0.25) is 10.1 Å². The Hall–Kier alpha value is -0.430. The quantitative estimate of drug-likeness (QED) is 0.818. The molecule has 0 aromatic rings. The molecule has 1 heterocycles. The summed E-state index contributed by atoms with van der Waals surface area (Å²) in [7, 11) is 0. The molecule has 118 valence electrons. The van der Waals surface area contributed by atoms with Crippen LogP contribution in [0.4, 0.5) is 13.2 Å². The van der Waals surface area contributed by atoms with Crippen molar-refractivity contribution in [3.8, 4) is 0 Å². The molecule has 3 nitrogen and oxygen atoms in total. The fourth-order valence-corrected chi connectivity index (χ4v) is 2.89. The van der Waals surface area contributed by atoms with Gasteiger partial charge in [-0.2, -0.15) is 13.2 Å². The van der Waals surface area contributed by atoms with Crippen molar-refractivity contribution >= 4 is 17.7 Å². The van der Waals surface area contributed by atoms with E-state index in [1.54, 1.807) is 4.90 Å². The minimum absolute atomic E-state index is 0.0687. The number of rotatable bonds is 6. The topological polar surface area (TPSA) is 32.3 Å². The Bertz CT molecular complexity index is 336. The summed E-state index contributed by atoms with van der Waals surface area (Å²) in [6, 6.07) is -0.275. The van der Waals surface area contributed by atoms with Crippen LogP contribution < -0.4 is 5.32 Å². The largest absolute Gasteiger partial charge is 0.441 e. The Kier molecular flexibility index (Phi) is 6.19. The molecule has 0 aromatic heterocycles. The number of carbonyl (C=O) groups is 1. The summed E-state index contributed by atoms with van der Waals surface area (Å²) in [6.45, 7) is 8.06. The van der Waals surface area contributed by atoms with Gasteiger partial charge in [-0.1, -0.05) is 34.1 Å². The molecule has 1 aliphatic heterocycles. The molecule has 1 amide bonds. The molecule has 0 saturated carbocycles. The van der Waals surface area contributed by atoms with Crippen LogP contribution in [0.2, 0.25) is 0 Å². The second-order valence-corrected chi connectivity index (χ2v) is 6.70. The molecule has 7 heteroatoms. The molecule has 0 spiro atoms. The summed E-state index contributed by atoms with van der Waals surface area (Å²) in [5.74, 6) is 0.168. The summed E-state index contributed by atoms with van der Waals surface area (Å²) in [5.41, 5.74) is -4.24. The van der Waals surface area contributed by atoms with Crippen LogP contribution in [0.1, 0.15) is 34.1 Å². The van der Waals surface area contributed by atoms with Gasteiger partial charge in [0.2, 0.25) is 5.91 Å². The van der Waals surface area contributed by atoms with Gasteiger partial charge < -0.3 is 4.90 Å². The van der Waals surface area contributed by atoms with Crippen LogP contribution in [0, 0.1) is 11.8 Å². The van der Waals surface area contributed by atoms with Crippen molar-refractivity contribution in [2.24, 2.45) is 11.8 Å². The van der Waals surface area contributed by atoms with Crippen LogP contribution in [0.15, 0.2) is 0 Å². The highest BCUT2D eigenvalue weighted by Gasteiger charge is 2.42. The van der Waals surface area contributed by atoms with E-state index in [4.69, 9.17) is 0 Å². The molecule has 1 rings (SSSR count). The number of nitrogens with zero attached hydrogens (tertiary/aromatic N) is 1. The van der Waals surface area contributed by atoms with E-state index in [1.165, 1.54) is 0 Å². The highest BCUT2D eigenvalue weighted by molar-refractivity contribution is 8.00. The average molecular weight is 312 g/mol. The fourth-order valence-electron chi connectivity index (χ4n) is 2.37. The maximum Gasteiger partial charge on any atom is 0.441 e. The SMILES string of the molecule is CCC(C)C1NC(C(C)C)N(CCSC(F)(F)F)C1=O. The third kappa shape index (κ3) is 4.55. The molecule has 1 aliphatic rings. The first-order valence-corrected chi connectivity index (χ1v) is 7.93. The third-order valence-electron chi connectivity index (χ3n) is 3.68. The zero-order valence-electron chi connectivity index (χ0n) is 12.3. The van der Waals surface area contributed by atoms with E-state index in [0.29, 0.717) is 0 Å². The zero-order valence-corrected chi connectivity index (χ0v) is 13.1. The van der Waals surface area contributed by atoms with Crippen molar-refractivity contribution in [2.45, 2.75) is 51.8 Å². The molecular weight excluding hydrogens is 289 g/mol. The van der Waals surface area contributed by atoms with Crippen molar-refractivity contribution in [1.29, 1.82) is 0 Å². The Morgan fingerprint density at radius 2 is 1.95 bits per heavy atom. The van der Waals surface area contributed by atoms with Gasteiger partial charge in [0, 0.05) is 12.3 Å². The Morgan fingerprint density at radius 1 is 1.35 bits per heavy atom. The highest BCUT2D eigenvalue weighted by atomic mass is 32.2. The van der Waals surface area contributed by atoms with E-state index >= 15 is 0 Å². The van der Waals surface area contributed by atoms with Gasteiger partial charge in [0.15, 0.2) is 0 Å². The average Bonchev–Trinajstić information content (AvgIpc) is 2.65. The lowest BCUT2D eigenvalue weighted by molar-refractivity contribution is -0.131. The van der Waals surface area contributed by atoms with Crippen molar-refractivity contribution < 1.29 is 18.0 Å². The standard InChI is InChI=1S/C13H23F3N2OS/c1-5-9(4)10-12(19)18(11(17-10)8(2)3)6-7-20-13(14,15)16/h8-11,17H,5-7H2,1-4H3. The molecule has 3 atom stereocenters. The van der Waals surface area contributed by atoms with E-state index in [9.17, 15) is 18.0 Å². The van der Waals surface area contributed by atoms with E-state index in [2.05, 4.69) is 5.32 Å². The monoisotopic (exact) mass is 312 g/mol. The lowest BCUT2D eigenvalue weighted by Gasteiger charge is -2.27. The lowest BCUT2D eigenvalue weighted by Crippen LogP contribution is -2.42. The van der Waals surface area contributed by atoms with Gasteiger partial charge in [-0.25, -0.2) is 0 Å². The zero-order chi connectivity index (χ0) is 15.5. The molecule has 0 aromatic carbocycles. The van der Waals surface area contributed by atoms with E-state index in [0.717, 1.165) is 6.42 Å². The first-order valence-electron chi connectivity index (χ1n) is 6.94. The van der Waals surface area contributed by atoms with Crippen molar-refractivity contribution in [2.75, 3.05) is 12.3 Å². The summed E-state index contributed by atoms with van der Waals surface area (Å²) < 4.78 is 36.6. The van der Waals surface area contributed by atoms with E-state index < -0.39 is 5.51 Å². The molecular formula is C13H23F3N2OS. The van der Waals surface area contributed by atoms with Crippen LogP contribution in [-0.2, 0) is 4.79 Å². The second-order valence-electron chi connectivity index (χ2n) is 5.54. The molecule has 0 bridgehead atoms. The first-order chi connectivity index (χ1) is 9.17. The van der Waals surface area contributed by atoms with Crippen LogP contribution in [0.3, 0.4) is 0 Å². The van der Waals surface area contributed by atoms with Gasteiger partial charge in [-0.05, 0) is 23.6 Å².